The van der Waals surface area contributed by atoms with Gasteiger partial charge in [0, 0.05) is 48.3 Å². The van der Waals surface area contributed by atoms with Crippen LogP contribution in [0.25, 0.3) is 55.7 Å². The van der Waals surface area contributed by atoms with Crippen molar-refractivity contribution in [1.82, 2.24) is 15.0 Å². The predicted octanol–water partition coefficient (Wildman–Crippen LogP) is 9.97. The van der Waals surface area contributed by atoms with Gasteiger partial charge in [-0.3, -0.25) is 15.0 Å². The molecule has 3 nitrogen and oxygen atoms in total. The summed E-state index contributed by atoms with van der Waals surface area (Å²) in [5.41, 5.74) is 14.0. The molecule has 1 aliphatic rings. The number of benzene rings is 3. The van der Waals surface area contributed by atoms with E-state index in [9.17, 15) is 0 Å². The molecule has 6 aromatic rings. The van der Waals surface area contributed by atoms with Crippen LogP contribution in [-0.4, -0.2) is 15.0 Å². The molecule has 0 unspecified atom stereocenters. The summed E-state index contributed by atoms with van der Waals surface area (Å²) >= 11 is 0. The van der Waals surface area contributed by atoms with E-state index in [-0.39, 0.29) is 0 Å². The quantitative estimate of drug-likeness (QED) is 0.207. The highest BCUT2D eigenvalue weighted by molar-refractivity contribution is 5.87. The van der Waals surface area contributed by atoms with E-state index in [4.69, 9.17) is 0 Å². The Hall–Kier alpha value is -5.67. The fourth-order valence-electron chi connectivity index (χ4n) is 5.56. The van der Waals surface area contributed by atoms with E-state index in [0.29, 0.717) is 0 Å². The molecule has 0 radical (unpaired) electrons. The van der Waals surface area contributed by atoms with Gasteiger partial charge in [-0.1, -0.05) is 78.9 Å². The Bertz CT molecular complexity index is 1870. The van der Waals surface area contributed by atoms with Gasteiger partial charge in [0.25, 0.3) is 0 Å². The monoisotopic (exact) mass is 551 g/mol. The normalized spacial score (nSPS) is 12.7. The van der Waals surface area contributed by atoms with E-state index in [0.717, 1.165) is 34.2 Å². The fraction of sp³-hybridized carbons (Fsp3) is 0.0250. The average molecular weight is 552 g/mol. The maximum Gasteiger partial charge on any atom is 0.0346 e. The molecule has 0 N–H and O–H groups in total. The summed E-state index contributed by atoms with van der Waals surface area (Å²) in [6.45, 7) is 0. The van der Waals surface area contributed by atoms with Crippen LogP contribution < -0.4 is 0 Å². The molecule has 0 saturated carbocycles. The van der Waals surface area contributed by atoms with Gasteiger partial charge in [-0.25, -0.2) is 0 Å². The molecule has 0 amide bonds. The first kappa shape index (κ1) is 26.2. The van der Waals surface area contributed by atoms with E-state index in [1.165, 1.54) is 39.0 Å². The van der Waals surface area contributed by atoms with E-state index < -0.39 is 0 Å². The second kappa shape index (κ2) is 12.1. The molecule has 0 spiro atoms. The zero-order chi connectivity index (χ0) is 28.8. The van der Waals surface area contributed by atoms with Crippen LogP contribution in [0.2, 0.25) is 0 Å². The van der Waals surface area contributed by atoms with Crippen molar-refractivity contribution in [2.45, 2.75) is 6.42 Å². The second-order valence-electron chi connectivity index (χ2n) is 10.6. The van der Waals surface area contributed by atoms with E-state index in [1.54, 1.807) is 0 Å². The van der Waals surface area contributed by atoms with Crippen molar-refractivity contribution in [2.24, 2.45) is 0 Å². The lowest BCUT2D eigenvalue weighted by Gasteiger charge is -2.14. The molecule has 0 saturated heterocycles. The van der Waals surface area contributed by atoms with Crippen molar-refractivity contribution < 1.29 is 0 Å². The predicted molar refractivity (Wildman–Crippen MR) is 178 cm³/mol. The van der Waals surface area contributed by atoms with Gasteiger partial charge in [-0.2, -0.15) is 0 Å². The Kier molecular flexibility index (Phi) is 7.36. The first-order chi connectivity index (χ1) is 21.3. The summed E-state index contributed by atoms with van der Waals surface area (Å²) in [6.07, 6.45) is 20.9. The molecule has 0 fully saturated rings. The van der Waals surface area contributed by atoms with Crippen molar-refractivity contribution >= 4 is 11.1 Å². The molecule has 204 valence electrons. The summed E-state index contributed by atoms with van der Waals surface area (Å²) in [6, 6.07) is 36.6. The highest BCUT2D eigenvalue weighted by Crippen LogP contribution is 2.35. The van der Waals surface area contributed by atoms with Crippen LogP contribution in [0.15, 0.2) is 165 Å². The Morgan fingerprint density at radius 1 is 0.419 bits per heavy atom. The average Bonchev–Trinajstić information content (AvgIpc) is 3.36. The highest BCUT2D eigenvalue weighted by atomic mass is 14.6. The van der Waals surface area contributed by atoms with Crippen LogP contribution in [0.1, 0.15) is 17.5 Å². The summed E-state index contributed by atoms with van der Waals surface area (Å²) in [7, 11) is 0. The third-order valence-electron chi connectivity index (χ3n) is 7.80. The van der Waals surface area contributed by atoms with Crippen molar-refractivity contribution in [3.8, 4) is 44.5 Å². The van der Waals surface area contributed by atoms with E-state index >= 15 is 0 Å². The van der Waals surface area contributed by atoms with Gasteiger partial charge < -0.3 is 0 Å². The molecule has 7 rings (SSSR count). The summed E-state index contributed by atoms with van der Waals surface area (Å²) in [5, 5.41) is 0. The van der Waals surface area contributed by atoms with E-state index in [2.05, 4.69) is 124 Å². The molecule has 1 aliphatic carbocycles. The Labute approximate surface area is 252 Å². The van der Waals surface area contributed by atoms with Gasteiger partial charge in [0.1, 0.15) is 0 Å². The number of hydrogen-bond donors (Lipinski definition) is 0. The Morgan fingerprint density at radius 3 is 1.37 bits per heavy atom. The van der Waals surface area contributed by atoms with Crippen LogP contribution in [-0.2, 0) is 0 Å². The van der Waals surface area contributed by atoms with Gasteiger partial charge in [0.15, 0.2) is 0 Å². The zero-order valence-corrected chi connectivity index (χ0v) is 23.6. The number of rotatable bonds is 6. The number of hydrogen-bond acceptors (Lipinski definition) is 3. The van der Waals surface area contributed by atoms with Crippen molar-refractivity contribution in [2.75, 3.05) is 0 Å². The molecule has 0 aliphatic heterocycles. The van der Waals surface area contributed by atoms with Crippen LogP contribution >= 0.6 is 0 Å². The number of pyridine rings is 3. The summed E-state index contributed by atoms with van der Waals surface area (Å²) in [5.74, 6) is 0. The highest BCUT2D eigenvalue weighted by Gasteiger charge is 2.12. The first-order valence-corrected chi connectivity index (χ1v) is 14.5. The lowest BCUT2D eigenvalue weighted by Crippen LogP contribution is -1.90. The molecular weight excluding hydrogens is 522 g/mol. The van der Waals surface area contributed by atoms with Crippen molar-refractivity contribution in [3.63, 3.8) is 0 Å². The van der Waals surface area contributed by atoms with Gasteiger partial charge in [-0.05, 0) is 111 Å². The Morgan fingerprint density at radius 2 is 0.860 bits per heavy atom. The minimum Gasteiger partial charge on any atom is -0.264 e. The molecule has 3 aromatic carbocycles. The molecular formula is C40H29N3. The van der Waals surface area contributed by atoms with Crippen molar-refractivity contribution in [3.05, 3.63) is 176 Å². The lowest BCUT2D eigenvalue weighted by molar-refractivity contribution is 1.28. The number of nitrogens with zero attached hydrogens (tertiary/aromatic N) is 3. The zero-order valence-electron chi connectivity index (χ0n) is 23.6. The molecule has 3 heterocycles. The molecule has 3 heteroatoms. The third-order valence-corrected chi connectivity index (χ3v) is 7.80. The van der Waals surface area contributed by atoms with Gasteiger partial charge in [0.2, 0.25) is 0 Å². The summed E-state index contributed by atoms with van der Waals surface area (Å²) < 4.78 is 0. The maximum atomic E-state index is 4.33. The smallest absolute Gasteiger partial charge is 0.0346 e. The van der Waals surface area contributed by atoms with Gasteiger partial charge in [-0.15, -0.1) is 0 Å². The van der Waals surface area contributed by atoms with Crippen LogP contribution in [0, 0.1) is 0 Å². The number of aromatic nitrogens is 3. The minimum atomic E-state index is 0.834. The van der Waals surface area contributed by atoms with Gasteiger partial charge in [0.05, 0.1) is 0 Å². The van der Waals surface area contributed by atoms with Crippen LogP contribution in [0.3, 0.4) is 0 Å². The Balaban J connectivity index is 1.33. The molecule has 0 atom stereocenters. The second-order valence-corrected chi connectivity index (χ2v) is 10.6. The number of allylic oxidation sites excluding steroid dienone is 6. The standard InChI is InChI=1S/C40H29N3/c1-7-29(35-13-4-18-41-26-35)16-17-30(8-1)38-23-39(33-11-2-9-31(21-33)36-14-5-19-42-27-36)25-40(24-38)34-12-3-10-32(22-34)37-15-6-20-43-28-37/h1-15,17-28H,16H2. The van der Waals surface area contributed by atoms with Crippen molar-refractivity contribution in [1.29, 1.82) is 0 Å². The molecule has 43 heavy (non-hydrogen) atoms. The van der Waals surface area contributed by atoms with Crippen LogP contribution in [0.5, 0.6) is 0 Å². The largest absolute Gasteiger partial charge is 0.264 e. The summed E-state index contributed by atoms with van der Waals surface area (Å²) in [4.78, 5) is 13.0. The van der Waals surface area contributed by atoms with Crippen LogP contribution in [0.4, 0.5) is 0 Å². The SMILES string of the molecule is C1=CC(c2cc(-c3cccc(-c4cccnc4)c3)cc(-c3cccc(-c4cccnc4)c3)c2)=CCC(c2cccnc2)=C1. The maximum absolute atomic E-state index is 4.33. The molecule has 3 aromatic heterocycles. The fourth-order valence-corrected chi connectivity index (χ4v) is 5.56. The van der Waals surface area contributed by atoms with Gasteiger partial charge >= 0.3 is 0 Å². The van der Waals surface area contributed by atoms with E-state index in [1.807, 2.05) is 55.4 Å². The minimum absolute atomic E-state index is 0.834. The third kappa shape index (κ3) is 5.88. The molecule has 0 bridgehead atoms. The first-order valence-electron chi connectivity index (χ1n) is 14.5. The topological polar surface area (TPSA) is 38.7 Å². The lowest BCUT2D eigenvalue weighted by atomic mass is 9.91.